The highest BCUT2D eigenvalue weighted by Gasteiger charge is 2.48. The summed E-state index contributed by atoms with van der Waals surface area (Å²) in [6.45, 7) is 5.12. The predicted octanol–water partition coefficient (Wildman–Crippen LogP) is 2.29. The van der Waals surface area contributed by atoms with Gasteiger partial charge in [0, 0.05) is 0 Å². The second kappa shape index (κ2) is 6.13. The fraction of sp³-hybridized carbons (Fsp3) is 0.286. The summed E-state index contributed by atoms with van der Waals surface area (Å²) in [7, 11) is 0. The Bertz CT molecular complexity index is 481. The van der Waals surface area contributed by atoms with Crippen molar-refractivity contribution in [1.29, 1.82) is 0 Å². The van der Waals surface area contributed by atoms with Crippen LogP contribution < -0.4 is 0 Å². The van der Waals surface area contributed by atoms with Gasteiger partial charge in [0.25, 0.3) is 0 Å². The molecule has 19 heavy (non-hydrogen) atoms. The molecule has 0 aromatic heterocycles. The van der Waals surface area contributed by atoms with Crippen LogP contribution in [0.4, 0.5) is 4.39 Å². The average molecular weight is 266 g/mol. The molecule has 0 radical (unpaired) electrons. The van der Waals surface area contributed by atoms with Gasteiger partial charge in [0.1, 0.15) is 5.82 Å². The summed E-state index contributed by atoms with van der Waals surface area (Å²) >= 11 is 0. The van der Waals surface area contributed by atoms with E-state index in [1.807, 2.05) is 0 Å². The molecule has 0 saturated carbocycles. The molecular formula is C14H15FO4. The van der Waals surface area contributed by atoms with Crippen molar-refractivity contribution in [3.05, 3.63) is 48.3 Å². The number of allylic oxidation sites excluding steroid dienone is 1. The molecule has 1 N–H and O–H groups in total. The van der Waals surface area contributed by atoms with Gasteiger partial charge in [0.15, 0.2) is 5.41 Å². The Hall–Kier alpha value is -2.17. The van der Waals surface area contributed by atoms with Gasteiger partial charge in [-0.05, 0) is 31.0 Å². The summed E-state index contributed by atoms with van der Waals surface area (Å²) in [6.07, 6.45) is 1.20. The molecule has 1 aromatic rings. The van der Waals surface area contributed by atoms with Gasteiger partial charge in [0.2, 0.25) is 0 Å². The molecule has 5 heteroatoms. The Morgan fingerprint density at radius 3 is 2.42 bits per heavy atom. The lowest BCUT2D eigenvalue weighted by Crippen LogP contribution is -2.44. The van der Waals surface area contributed by atoms with Crippen LogP contribution in [0.2, 0.25) is 0 Å². The molecule has 4 nitrogen and oxygen atoms in total. The van der Waals surface area contributed by atoms with Gasteiger partial charge in [0.05, 0.1) is 6.61 Å². The third-order valence-electron chi connectivity index (χ3n) is 2.78. The number of carboxylic acids is 1. The molecule has 0 aliphatic heterocycles. The van der Waals surface area contributed by atoms with Crippen LogP contribution in [-0.2, 0) is 19.7 Å². The van der Waals surface area contributed by atoms with Crippen molar-refractivity contribution in [3.63, 3.8) is 0 Å². The monoisotopic (exact) mass is 266 g/mol. The quantitative estimate of drug-likeness (QED) is 0.487. The van der Waals surface area contributed by atoms with Crippen molar-refractivity contribution >= 4 is 11.9 Å². The van der Waals surface area contributed by atoms with Crippen LogP contribution in [0.15, 0.2) is 36.9 Å². The zero-order valence-electron chi connectivity index (χ0n) is 10.6. The van der Waals surface area contributed by atoms with Crippen molar-refractivity contribution in [3.8, 4) is 0 Å². The molecule has 0 aliphatic carbocycles. The van der Waals surface area contributed by atoms with Crippen LogP contribution in [-0.4, -0.2) is 23.7 Å². The summed E-state index contributed by atoms with van der Waals surface area (Å²) in [6, 6.07) is 4.75. The number of ether oxygens (including phenoxy) is 1. The highest BCUT2D eigenvalue weighted by molar-refractivity contribution is 6.05. The minimum Gasteiger partial charge on any atom is -0.480 e. The molecule has 0 bridgehead atoms. The molecule has 0 spiro atoms. The van der Waals surface area contributed by atoms with E-state index < -0.39 is 23.2 Å². The SMILES string of the molecule is C=CCC(C(=O)O)(C(=O)OCC)c1ccc(F)cc1. The first-order valence-electron chi connectivity index (χ1n) is 5.76. The van der Waals surface area contributed by atoms with Crippen LogP contribution in [0.5, 0.6) is 0 Å². The fourth-order valence-electron chi connectivity index (χ4n) is 1.82. The highest BCUT2D eigenvalue weighted by Crippen LogP contribution is 2.31. The number of benzene rings is 1. The number of aliphatic carboxylic acids is 1. The van der Waals surface area contributed by atoms with E-state index in [-0.39, 0.29) is 18.6 Å². The number of hydrogen-bond donors (Lipinski definition) is 1. The summed E-state index contributed by atoms with van der Waals surface area (Å²) in [4.78, 5) is 23.6. The number of carbonyl (C=O) groups excluding carboxylic acids is 1. The highest BCUT2D eigenvalue weighted by atomic mass is 19.1. The second-order valence-electron chi connectivity index (χ2n) is 3.93. The summed E-state index contributed by atoms with van der Waals surface area (Å²) in [5.74, 6) is -2.74. The molecule has 0 fully saturated rings. The van der Waals surface area contributed by atoms with Crippen LogP contribution in [0.1, 0.15) is 18.9 Å². The normalized spacial score (nSPS) is 13.4. The fourth-order valence-corrected chi connectivity index (χ4v) is 1.82. The topological polar surface area (TPSA) is 63.6 Å². The Labute approximate surface area is 110 Å². The first-order valence-corrected chi connectivity index (χ1v) is 5.76. The van der Waals surface area contributed by atoms with E-state index in [1.54, 1.807) is 6.92 Å². The van der Waals surface area contributed by atoms with Gasteiger partial charge in [-0.25, -0.2) is 4.39 Å². The van der Waals surface area contributed by atoms with Crippen molar-refractivity contribution < 1.29 is 23.8 Å². The number of esters is 1. The van der Waals surface area contributed by atoms with Crippen LogP contribution in [0, 0.1) is 5.82 Å². The van der Waals surface area contributed by atoms with E-state index in [0.717, 1.165) is 12.1 Å². The second-order valence-corrected chi connectivity index (χ2v) is 3.93. The van der Waals surface area contributed by atoms with E-state index >= 15 is 0 Å². The zero-order chi connectivity index (χ0) is 14.5. The molecule has 1 unspecified atom stereocenters. The number of carbonyl (C=O) groups is 2. The average Bonchev–Trinajstić information content (AvgIpc) is 2.37. The Balaban J connectivity index is 3.38. The minimum absolute atomic E-state index is 0.0617. The van der Waals surface area contributed by atoms with E-state index in [1.165, 1.54) is 18.2 Å². The van der Waals surface area contributed by atoms with E-state index in [0.29, 0.717) is 0 Å². The van der Waals surface area contributed by atoms with Gasteiger partial charge in [-0.2, -0.15) is 0 Å². The summed E-state index contributed by atoms with van der Waals surface area (Å²) < 4.78 is 17.8. The maximum atomic E-state index is 12.9. The molecule has 0 saturated heterocycles. The molecule has 1 rings (SSSR count). The first-order chi connectivity index (χ1) is 8.98. The number of hydrogen-bond acceptors (Lipinski definition) is 3. The van der Waals surface area contributed by atoms with Crippen LogP contribution in [0.3, 0.4) is 0 Å². The Morgan fingerprint density at radius 2 is 2.00 bits per heavy atom. The van der Waals surface area contributed by atoms with Crippen LogP contribution >= 0.6 is 0 Å². The molecule has 1 atom stereocenters. The lowest BCUT2D eigenvalue weighted by molar-refractivity contribution is -0.161. The third-order valence-corrected chi connectivity index (χ3v) is 2.78. The Morgan fingerprint density at radius 1 is 1.42 bits per heavy atom. The molecule has 0 aliphatic rings. The van der Waals surface area contributed by atoms with E-state index in [9.17, 15) is 19.1 Å². The lowest BCUT2D eigenvalue weighted by Gasteiger charge is -2.26. The maximum absolute atomic E-state index is 12.9. The molecule has 1 aromatic carbocycles. The molecule has 0 amide bonds. The smallest absolute Gasteiger partial charge is 0.328 e. The summed E-state index contributed by atoms with van der Waals surface area (Å²) in [5.41, 5.74) is -1.72. The van der Waals surface area contributed by atoms with Gasteiger partial charge >= 0.3 is 11.9 Å². The van der Waals surface area contributed by atoms with Gasteiger partial charge in [-0.15, -0.1) is 6.58 Å². The van der Waals surface area contributed by atoms with Crippen molar-refractivity contribution in [2.75, 3.05) is 6.61 Å². The molecule has 102 valence electrons. The zero-order valence-corrected chi connectivity index (χ0v) is 10.6. The molecule has 0 heterocycles. The number of rotatable bonds is 6. The number of carboxylic acid groups (broad SMARTS) is 1. The van der Waals surface area contributed by atoms with Crippen molar-refractivity contribution in [2.24, 2.45) is 0 Å². The standard InChI is InChI=1S/C14H15FO4/c1-3-9-14(12(16)17,13(18)19-4-2)10-5-7-11(15)8-6-10/h3,5-8H,1,4,9H2,2H3,(H,16,17). The van der Waals surface area contributed by atoms with E-state index in [2.05, 4.69) is 6.58 Å². The number of halogens is 1. The third kappa shape index (κ3) is 2.81. The Kier molecular flexibility index (Phi) is 4.80. The largest absolute Gasteiger partial charge is 0.480 e. The minimum atomic E-state index is -1.88. The van der Waals surface area contributed by atoms with Gasteiger partial charge in [-0.3, -0.25) is 9.59 Å². The maximum Gasteiger partial charge on any atom is 0.328 e. The van der Waals surface area contributed by atoms with E-state index in [4.69, 9.17) is 4.74 Å². The lowest BCUT2D eigenvalue weighted by atomic mass is 9.77. The van der Waals surface area contributed by atoms with Crippen LogP contribution in [0.25, 0.3) is 0 Å². The van der Waals surface area contributed by atoms with Gasteiger partial charge in [-0.1, -0.05) is 18.2 Å². The van der Waals surface area contributed by atoms with Crippen molar-refractivity contribution in [1.82, 2.24) is 0 Å². The first kappa shape index (κ1) is 14.9. The predicted molar refractivity (Wildman–Crippen MR) is 67.2 cm³/mol. The molecular weight excluding hydrogens is 251 g/mol. The van der Waals surface area contributed by atoms with Crippen molar-refractivity contribution in [2.45, 2.75) is 18.8 Å². The van der Waals surface area contributed by atoms with Gasteiger partial charge < -0.3 is 9.84 Å². The summed E-state index contributed by atoms with van der Waals surface area (Å²) in [5, 5.41) is 9.43.